The minimum Gasteiger partial charge on any atom is -0.330 e. The van der Waals surface area contributed by atoms with Crippen LogP contribution in [0.3, 0.4) is 0 Å². The topological polar surface area (TPSA) is 54.3 Å². The van der Waals surface area contributed by atoms with E-state index in [-0.39, 0.29) is 29.9 Å². The monoisotopic (exact) mass is 399 g/mol. The molecule has 0 aliphatic carbocycles. The van der Waals surface area contributed by atoms with Gasteiger partial charge in [0.1, 0.15) is 17.5 Å². The van der Waals surface area contributed by atoms with Crippen LogP contribution in [0.4, 0.5) is 8.78 Å². The molecule has 0 aliphatic rings. The Labute approximate surface area is 168 Å². The van der Waals surface area contributed by atoms with E-state index in [1.165, 1.54) is 27.8 Å². The van der Waals surface area contributed by atoms with Crippen molar-refractivity contribution in [3.63, 3.8) is 0 Å². The lowest BCUT2D eigenvalue weighted by Gasteiger charge is -2.23. The second-order valence-corrected chi connectivity index (χ2v) is 6.99. The van der Waals surface area contributed by atoms with Crippen LogP contribution in [0.5, 0.6) is 0 Å². The Bertz CT molecular complexity index is 985. The first kappa shape index (κ1) is 20.6. The van der Waals surface area contributed by atoms with Gasteiger partial charge in [-0.25, -0.2) is 18.4 Å². The summed E-state index contributed by atoms with van der Waals surface area (Å²) in [6, 6.07) is 12.1. The molecule has 0 saturated carbocycles. The number of rotatable bonds is 7. The summed E-state index contributed by atoms with van der Waals surface area (Å²) < 4.78 is 28.8. The van der Waals surface area contributed by atoms with Gasteiger partial charge in [-0.15, -0.1) is 5.10 Å². The number of nitrogens with zero attached hydrogens (tertiary/aromatic N) is 5. The molecule has 0 N–H and O–H groups in total. The number of aryl methyl sites for hydroxylation is 1. The van der Waals surface area contributed by atoms with Gasteiger partial charge in [0, 0.05) is 25.2 Å². The quantitative estimate of drug-likeness (QED) is 0.613. The molecule has 0 atom stereocenters. The van der Waals surface area contributed by atoms with Gasteiger partial charge in [-0.1, -0.05) is 18.2 Å². The van der Waals surface area contributed by atoms with Crippen LogP contribution in [0.2, 0.25) is 0 Å². The maximum atomic E-state index is 14.1. The smallest absolute Gasteiger partial charge is 0.293 e. The van der Waals surface area contributed by atoms with E-state index in [0.29, 0.717) is 30.2 Å². The van der Waals surface area contributed by atoms with Gasteiger partial charge in [0.05, 0.1) is 5.69 Å². The summed E-state index contributed by atoms with van der Waals surface area (Å²) in [4.78, 5) is 20.9. The highest BCUT2D eigenvalue weighted by atomic mass is 19.1. The molecule has 3 aromatic rings. The summed E-state index contributed by atoms with van der Waals surface area (Å²) in [6.07, 6.45) is 0. The first-order valence-electron chi connectivity index (χ1n) is 9.22. The average Bonchev–Trinajstić information content (AvgIpc) is 3.08. The Morgan fingerprint density at radius 2 is 1.72 bits per heavy atom. The number of aromatic nitrogens is 3. The normalized spacial score (nSPS) is 11.1. The predicted molar refractivity (Wildman–Crippen MR) is 106 cm³/mol. The lowest BCUT2D eigenvalue weighted by atomic mass is 10.2. The molecule has 1 aromatic heterocycles. The lowest BCUT2D eigenvalue weighted by Crippen LogP contribution is -2.37. The Morgan fingerprint density at radius 1 is 1.03 bits per heavy atom. The van der Waals surface area contributed by atoms with Crippen molar-refractivity contribution in [3.05, 3.63) is 77.4 Å². The third kappa shape index (κ3) is 5.03. The molecule has 0 aliphatic heterocycles. The van der Waals surface area contributed by atoms with E-state index in [2.05, 4.69) is 10.1 Å². The molecule has 152 valence electrons. The summed E-state index contributed by atoms with van der Waals surface area (Å²) in [6.45, 7) is 2.83. The number of hydrogen-bond donors (Lipinski definition) is 0. The van der Waals surface area contributed by atoms with E-state index in [1.54, 1.807) is 37.3 Å². The molecule has 1 amide bonds. The summed E-state index contributed by atoms with van der Waals surface area (Å²) in [5, 5.41) is 4.31. The third-order valence-corrected chi connectivity index (χ3v) is 4.45. The van der Waals surface area contributed by atoms with E-state index in [9.17, 15) is 13.6 Å². The number of likely N-dealkylation sites (N-methyl/N-ethyl adjacent to an activating group) is 1. The lowest BCUT2D eigenvalue weighted by molar-refractivity contribution is 0.0718. The molecule has 0 radical (unpaired) electrons. The predicted octanol–water partition coefficient (Wildman–Crippen LogP) is 3.06. The molecular formula is C21H23F2N5O. The molecule has 29 heavy (non-hydrogen) atoms. The Morgan fingerprint density at radius 3 is 2.38 bits per heavy atom. The van der Waals surface area contributed by atoms with E-state index in [0.717, 1.165) is 0 Å². The van der Waals surface area contributed by atoms with Crippen LogP contribution in [-0.2, 0) is 6.54 Å². The number of hydrogen-bond acceptors (Lipinski definition) is 4. The van der Waals surface area contributed by atoms with Crippen LogP contribution in [0, 0.1) is 18.6 Å². The zero-order chi connectivity index (χ0) is 21.0. The van der Waals surface area contributed by atoms with Crippen LogP contribution >= 0.6 is 0 Å². The molecule has 0 fully saturated rings. The van der Waals surface area contributed by atoms with Crippen molar-refractivity contribution in [1.82, 2.24) is 24.6 Å². The molecule has 3 rings (SSSR count). The van der Waals surface area contributed by atoms with Gasteiger partial charge in [-0.3, -0.25) is 4.79 Å². The SMILES string of the molecule is Cc1nc(C(=O)N(CCN(C)C)Cc2ccccc2F)nn1-c1ccc(F)cc1. The maximum absolute atomic E-state index is 14.1. The number of carbonyl (C=O) groups excluding carboxylic acids is 1. The maximum Gasteiger partial charge on any atom is 0.293 e. The summed E-state index contributed by atoms with van der Waals surface area (Å²) in [5.41, 5.74) is 1.03. The van der Waals surface area contributed by atoms with E-state index in [4.69, 9.17) is 0 Å². The fourth-order valence-electron chi connectivity index (χ4n) is 2.85. The van der Waals surface area contributed by atoms with E-state index < -0.39 is 0 Å². The fraction of sp³-hybridized carbons (Fsp3) is 0.286. The minimum absolute atomic E-state index is 0.0157. The van der Waals surface area contributed by atoms with Crippen LogP contribution < -0.4 is 0 Å². The van der Waals surface area contributed by atoms with Crippen LogP contribution in [0.15, 0.2) is 48.5 Å². The van der Waals surface area contributed by atoms with E-state index >= 15 is 0 Å². The molecule has 6 nitrogen and oxygen atoms in total. The van der Waals surface area contributed by atoms with Crippen molar-refractivity contribution in [2.75, 3.05) is 27.2 Å². The van der Waals surface area contributed by atoms with Gasteiger partial charge in [-0.2, -0.15) is 0 Å². The van der Waals surface area contributed by atoms with Crippen LogP contribution in [0.1, 0.15) is 22.0 Å². The molecule has 0 spiro atoms. The Balaban J connectivity index is 1.88. The average molecular weight is 399 g/mol. The molecule has 2 aromatic carbocycles. The largest absolute Gasteiger partial charge is 0.330 e. The molecule has 0 unspecified atom stereocenters. The molecule has 0 bridgehead atoms. The van der Waals surface area contributed by atoms with Crippen molar-refractivity contribution in [2.45, 2.75) is 13.5 Å². The highest BCUT2D eigenvalue weighted by Gasteiger charge is 2.23. The zero-order valence-corrected chi connectivity index (χ0v) is 16.6. The summed E-state index contributed by atoms with van der Waals surface area (Å²) in [7, 11) is 3.80. The first-order chi connectivity index (χ1) is 13.8. The van der Waals surface area contributed by atoms with E-state index in [1.807, 2.05) is 19.0 Å². The van der Waals surface area contributed by atoms with Crippen LogP contribution in [-0.4, -0.2) is 57.7 Å². The van der Waals surface area contributed by atoms with Gasteiger partial charge >= 0.3 is 0 Å². The standard InChI is InChI=1S/C21H23F2N5O/c1-15-24-20(25-28(15)18-10-8-17(22)9-11-18)21(29)27(13-12-26(2)3)14-16-6-4-5-7-19(16)23/h4-11H,12-14H2,1-3H3. The van der Waals surface area contributed by atoms with Gasteiger partial charge < -0.3 is 9.80 Å². The second-order valence-electron chi connectivity index (χ2n) is 6.99. The highest BCUT2D eigenvalue weighted by molar-refractivity contribution is 5.90. The van der Waals surface area contributed by atoms with Gasteiger partial charge in [0.2, 0.25) is 5.82 Å². The third-order valence-electron chi connectivity index (χ3n) is 4.45. The minimum atomic E-state index is -0.390. The van der Waals surface area contributed by atoms with Gasteiger partial charge in [0.15, 0.2) is 0 Å². The van der Waals surface area contributed by atoms with Crippen molar-refractivity contribution < 1.29 is 13.6 Å². The first-order valence-corrected chi connectivity index (χ1v) is 9.22. The molecular weight excluding hydrogens is 376 g/mol. The number of amides is 1. The summed E-state index contributed by atoms with van der Waals surface area (Å²) >= 11 is 0. The zero-order valence-electron chi connectivity index (χ0n) is 16.6. The summed E-state index contributed by atoms with van der Waals surface area (Å²) in [5.74, 6) is -0.599. The molecule has 1 heterocycles. The number of carbonyl (C=O) groups is 1. The Kier molecular flexibility index (Phi) is 6.33. The van der Waals surface area contributed by atoms with Crippen LogP contribution in [0.25, 0.3) is 5.69 Å². The second kappa shape index (κ2) is 8.91. The van der Waals surface area contributed by atoms with Crippen molar-refractivity contribution in [3.8, 4) is 5.69 Å². The molecule has 0 saturated heterocycles. The van der Waals surface area contributed by atoms with Crippen molar-refractivity contribution >= 4 is 5.91 Å². The number of benzene rings is 2. The number of halogens is 2. The van der Waals surface area contributed by atoms with Crippen molar-refractivity contribution in [1.29, 1.82) is 0 Å². The fourth-order valence-corrected chi connectivity index (χ4v) is 2.85. The van der Waals surface area contributed by atoms with Crippen molar-refractivity contribution in [2.24, 2.45) is 0 Å². The van der Waals surface area contributed by atoms with Gasteiger partial charge in [-0.05, 0) is 51.4 Å². The highest BCUT2D eigenvalue weighted by Crippen LogP contribution is 2.14. The molecule has 8 heteroatoms. The Hall–Kier alpha value is -3.13. The van der Waals surface area contributed by atoms with Gasteiger partial charge in [0.25, 0.3) is 5.91 Å².